The molecule has 1 N–H and O–H groups in total. The molecule has 74 valence electrons. The molecule has 3 nitrogen and oxygen atoms in total. The van der Waals surface area contributed by atoms with Crippen LogP contribution in [0.3, 0.4) is 0 Å². The van der Waals surface area contributed by atoms with Crippen LogP contribution in [0.4, 0.5) is 0 Å². The fraction of sp³-hybridized carbons (Fsp3) is 0.778. The maximum atomic E-state index is 11.0. The Kier molecular flexibility index (Phi) is 8.90. The lowest BCUT2D eigenvalue weighted by Crippen LogP contribution is -2.24. The average molecular weight is 200 g/mol. The van der Waals surface area contributed by atoms with Crippen molar-refractivity contribution in [3.8, 4) is 6.07 Å². The highest BCUT2D eigenvalue weighted by Gasteiger charge is 1.98. The summed E-state index contributed by atoms with van der Waals surface area (Å²) in [5.41, 5.74) is 0. The standard InChI is InChI=1S/C9H16N2OS/c1-13-8-5-9(12)11-7-4-2-3-6-10/h2-5,7-8H2,1H3,(H,11,12). The Bertz CT molecular complexity index is 177. The summed E-state index contributed by atoms with van der Waals surface area (Å²) in [6, 6.07) is 2.07. The van der Waals surface area contributed by atoms with Crippen molar-refractivity contribution < 1.29 is 4.79 Å². The summed E-state index contributed by atoms with van der Waals surface area (Å²) in [5.74, 6) is 0.996. The molecule has 0 atom stereocenters. The van der Waals surface area contributed by atoms with Crippen molar-refractivity contribution in [1.82, 2.24) is 5.32 Å². The molecule has 0 unspecified atom stereocenters. The molecule has 0 spiro atoms. The minimum absolute atomic E-state index is 0.117. The first-order valence-corrected chi connectivity index (χ1v) is 5.83. The van der Waals surface area contributed by atoms with Gasteiger partial charge in [-0.2, -0.15) is 17.0 Å². The number of unbranched alkanes of at least 4 members (excludes halogenated alkanes) is 2. The van der Waals surface area contributed by atoms with Crippen LogP contribution in [0.25, 0.3) is 0 Å². The van der Waals surface area contributed by atoms with Gasteiger partial charge in [0.25, 0.3) is 0 Å². The van der Waals surface area contributed by atoms with Gasteiger partial charge in [-0.3, -0.25) is 4.79 Å². The zero-order valence-electron chi connectivity index (χ0n) is 8.01. The third-order valence-corrected chi connectivity index (χ3v) is 2.18. The summed E-state index contributed by atoms with van der Waals surface area (Å²) in [6.07, 6.45) is 4.94. The van der Waals surface area contributed by atoms with Crippen LogP contribution in [0.2, 0.25) is 0 Å². The van der Waals surface area contributed by atoms with E-state index in [0.29, 0.717) is 19.4 Å². The Morgan fingerprint density at radius 2 is 2.31 bits per heavy atom. The summed E-state index contributed by atoms with van der Waals surface area (Å²) < 4.78 is 0. The average Bonchev–Trinajstić information content (AvgIpc) is 2.14. The molecule has 0 aromatic rings. The van der Waals surface area contributed by atoms with Crippen molar-refractivity contribution in [1.29, 1.82) is 5.26 Å². The second-order valence-corrected chi connectivity index (χ2v) is 3.69. The first-order chi connectivity index (χ1) is 6.31. The number of thioether (sulfide) groups is 1. The smallest absolute Gasteiger partial charge is 0.220 e. The molecule has 0 radical (unpaired) electrons. The highest BCUT2D eigenvalue weighted by Crippen LogP contribution is 1.95. The number of nitrogens with one attached hydrogen (secondary N) is 1. The molecule has 0 aromatic carbocycles. The van der Waals surface area contributed by atoms with Gasteiger partial charge in [-0.1, -0.05) is 0 Å². The van der Waals surface area contributed by atoms with Gasteiger partial charge in [0.15, 0.2) is 0 Å². The zero-order valence-corrected chi connectivity index (χ0v) is 8.82. The zero-order chi connectivity index (χ0) is 9.94. The predicted molar refractivity (Wildman–Crippen MR) is 55.5 cm³/mol. The lowest BCUT2D eigenvalue weighted by atomic mass is 10.2. The predicted octanol–water partition coefficient (Wildman–Crippen LogP) is 1.55. The number of nitrogens with zero attached hydrogens (tertiary/aromatic N) is 1. The Labute approximate surface area is 83.9 Å². The van der Waals surface area contributed by atoms with Crippen molar-refractivity contribution in [3.05, 3.63) is 0 Å². The molecule has 0 aromatic heterocycles. The van der Waals surface area contributed by atoms with Crippen molar-refractivity contribution in [2.75, 3.05) is 18.6 Å². The highest BCUT2D eigenvalue weighted by molar-refractivity contribution is 7.98. The summed E-state index contributed by atoms with van der Waals surface area (Å²) in [7, 11) is 0. The molecule has 0 saturated carbocycles. The molecule has 0 fully saturated rings. The Morgan fingerprint density at radius 3 is 2.92 bits per heavy atom. The van der Waals surface area contributed by atoms with Gasteiger partial charge in [-0.15, -0.1) is 0 Å². The number of hydrogen-bond acceptors (Lipinski definition) is 3. The van der Waals surface area contributed by atoms with Crippen LogP contribution in [-0.4, -0.2) is 24.5 Å². The molecule has 0 aliphatic heterocycles. The molecule has 0 aliphatic carbocycles. The third kappa shape index (κ3) is 9.22. The van der Waals surface area contributed by atoms with Gasteiger partial charge < -0.3 is 5.32 Å². The summed E-state index contributed by atoms with van der Waals surface area (Å²) >= 11 is 1.67. The number of nitriles is 1. The van der Waals surface area contributed by atoms with Crippen LogP contribution in [0.5, 0.6) is 0 Å². The van der Waals surface area contributed by atoms with Crippen molar-refractivity contribution in [2.24, 2.45) is 0 Å². The van der Waals surface area contributed by atoms with Crippen molar-refractivity contribution >= 4 is 17.7 Å². The van der Waals surface area contributed by atoms with Crippen LogP contribution in [0.15, 0.2) is 0 Å². The lowest BCUT2D eigenvalue weighted by molar-refractivity contribution is -0.120. The highest BCUT2D eigenvalue weighted by atomic mass is 32.2. The third-order valence-electron chi connectivity index (χ3n) is 1.57. The van der Waals surface area contributed by atoms with Gasteiger partial charge >= 0.3 is 0 Å². The number of carbonyl (C=O) groups is 1. The summed E-state index contributed by atoms with van der Waals surface area (Å²) in [4.78, 5) is 11.0. The number of hydrogen-bond donors (Lipinski definition) is 1. The summed E-state index contributed by atoms with van der Waals surface area (Å²) in [5, 5.41) is 11.1. The van der Waals surface area contributed by atoms with Crippen LogP contribution in [-0.2, 0) is 4.79 Å². The van der Waals surface area contributed by atoms with Gasteiger partial charge in [0.05, 0.1) is 6.07 Å². The first-order valence-electron chi connectivity index (χ1n) is 4.44. The fourth-order valence-electron chi connectivity index (χ4n) is 0.840. The van der Waals surface area contributed by atoms with Crippen LogP contribution in [0, 0.1) is 11.3 Å². The van der Waals surface area contributed by atoms with E-state index in [4.69, 9.17) is 5.26 Å². The van der Waals surface area contributed by atoms with Gasteiger partial charge in [0, 0.05) is 25.1 Å². The van der Waals surface area contributed by atoms with E-state index in [2.05, 4.69) is 11.4 Å². The van der Waals surface area contributed by atoms with Crippen molar-refractivity contribution in [3.63, 3.8) is 0 Å². The van der Waals surface area contributed by atoms with Crippen LogP contribution in [0.1, 0.15) is 25.7 Å². The van der Waals surface area contributed by atoms with E-state index in [9.17, 15) is 4.79 Å². The molecule has 13 heavy (non-hydrogen) atoms. The maximum absolute atomic E-state index is 11.0. The molecule has 4 heteroatoms. The molecule has 0 bridgehead atoms. The minimum Gasteiger partial charge on any atom is -0.356 e. The number of rotatable bonds is 7. The van der Waals surface area contributed by atoms with E-state index < -0.39 is 0 Å². The van der Waals surface area contributed by atoms with E-state index in [0.717, 1.165) is 18.6 Å². The van der Waals surface area contributed by atoms with E-state index in [1.54, 1.807) is 11.8 Å². The molecule has 0 heterocycles. The molecular weight excluding hydrogens is 184 g/mol. The van der Waals surface area contributed by atoms with E-state index in [1.807, 2.05) is 6.26 Å². The van der Waals surface area contributed by atoms with Crippen LogP contribution >= 0.6 is 11.8 Å². The SMILES string of the molecule is CSCCC(=O)NCCCCC#N. The van der Waals surface area contributed by atoms with E-state index >= 15 is 0 Å². The Hall–Kier alpha value is -0.690. The lowest BCUT2D eigenvalue weighted by Gasteiger charge is -2.02. The number of carbonyl (C=O) groups excluding carboxylic acids is 1. The van der Waals surface area contributed by atoms with Gasteiger partial charge in [-0.25, -0.2) is 0 Å². The Balaban J connectivity index is 3.13. The van der Waals surface area contributed by atoms with Crippen molar-refractivity contribution in [2.45, 2.75) is 25.7 Å². The largest absolute Gasteiger partial charge is 0.356 e. The molecule has 1 amide bonds. The van der Waals surface area contributed by atoms with Gasteiger partial charge in [0.2, 0.25) is 5.91 Å². The topological polar surface area (TPSA) is 52.9 Å². The number of amides is 1. The minimum atomic E-state index is 0.117. The van der Waals surface area contributed by atoms with Crippen LogP contribution < -0.4 is 5.32 Å². The second kappa shape index (κ2) is 9.40. The monoisotopic (exact) mass is 200 g/mol. The normalized spacial score (nSPS) is 9.23. The van der Waals surface area contributed by atoms with Gasteiger partial charge in [0.1, 0.15) is 0 Å². The molecule has 0 aliphatic rings. The molecule has 0 saturated heterocycles. The quantitative estimate of drug-likeness (QED) is 0.634. The molecular formula is C9H16N2OS. The summed E-state index contributed by atoms with van der Waals surface area (Å²) in [6.45, 7) is 0.703. The van der Waals surface area contributed by atoms with E-state index in [1.165, 1.54) is 0 Å². The maximum Gasteiger partial charge on any atom is 0.220 e. The second-order valence-electron chi connectivity index (χ2n) is 2.71. The van der Waals surface area contributed by atoms with E-state index in [-0.39, 0.29) is 5.91 Å². The molecule has 0 rings (SSSR count). The Morgan fingerprint density at radius 1 is 1.54 bits per heavy atom. The first kappa shape index (κ1) is 12.3. The fourth-order valence-corrected chi connectivity index (χ4v) is 1.23. The van der Waals surface area contributed by atoms with Gasteiger partial charge in [-0.05, 0) is 19.1 Å².